The number of anilines is 1. The molecule has 0 saturated carbocycles. The standard InChI is InChI=1S/C26H22F2N4OS/c1-32-15-24-21(25(32)26(33)30-19-9-11-22(27)23(28)14-19)10-8-20(31-34(24)29)13-16-6-7-17-4-2-3-5-18(17)12-16/h2-12,14-15,20H,13H2,1H3,(H2,29,31)(H,30,33). The zero-order chi connectivity index (χ0) is 23.8. The van der Waals surface area contributed by atoms with E-state index in [-0.39, 0.29) is 11.7 Å². The van der Waals surface area contributed by atoms with Gasteiger partial charge in [0.1, 0.15) is 5.69 Å². The average Bonchev–Trinajstić information content (AvgIpc) is 3.08. The van der Waals surface area contributed by atoms with Crippen LogP contribution in [0.3, 0.4) is 0 Å². The Morgan fingerprint density at radius 1 is 1.09 bits per heavy atom. The fraction of sp³-hybridized carbons (Fsp3) is 0.115. The van der Waals surface area contributed by atoms with Crippen molar-refractivity contribution in [3.8, 4) is 0 Å². The third-order valence-corrected chi connectivity index (χ3v) is 7.13. The number of aryl methyl sites for hydroxylation is 1. The smallest absolute Gasteiger partial charge is 0.272 e. The van der Waals surface area contributed by atoms with Crippen LogP contribution in [-0.2, 0) is 24.3 Å². The van der Waals surface area contributed by atoms with E-state index in [0.29, 0.717) is 22.6 Å². The van der Waals surface area contributed by atoms with Crippen molar-refractivity contribution < 1.29 is 13.6 Å². The van der Waals surface area contributed by atoms with Gasteiger partial charge in [0.15, 0.2) is 11.6 Å². The first kappa shape index (κ1) is 22.2. The van der Waals surface area contributed by atoms with E-state index in [1.54, 1.807) is 17.8 Å². The highest BCUT2D eigenvalue weighted by Crippen LogP contribution is 2.27. The number of carbonyl (C=O) groups is 1. The Kier molecular flexibility index (Phi) is 5.85. The molecule has 2 atom stereocenters. The van der Waals surface area contributed by atoms with Crippen molar-refractivity contribution in [2.45, 2.75) is 17.4 Å². The molecular formula is C26H22F2N4OS. The van der Waals surface area contributed by atoms with E-state index in [9.17, 15) is 13.6 Å². The summed E-state index contributed by atoms with van der Waals surface area (Å²) < 4.78 is 40.5. The molecular weight excluding hydrogens is 454 g/mol. The predicted molar refractivity (Wildman–Crippen MR) is 132 cm³/mol. The molecule has 0 aliphatic carbocycles. The van der Waals surface area contributed by atoms with E-state index in [2.05, 4.69) is 40.4 Å². The first-order valence-corrected chi connectivity index (χ1v) is 11.9. The van der Waals surface area contributed by atoms with Crippen LogP contribution in [0.4, 0.5) is 14.5 Å². The number of nitrogens with zero attached hydrogens (tertiary/aromatic N) is 1. The van der Waals surface area contributed by atoms with Crippen molar-refractivity contribution in [3.05, 3.63) is 101 Å². The molecule has 3 aromatic carbocycles. The molecule has 0 bridgehead atoms. The number of rotatable bonds is 4. The molecule has 34 heavy (non-hydrogen) atoms. The second-order valence-electron chi connectivity index (χ2n) is 8.22. The lowest BCUT2D eigenvalue weighted by molar-refractivity contribution is 0.101. The van der Waals surface area contributed by atoms with Crippen LogP contribution in [0.1, 0.15) is 21.6 Å². The van der Waals surface area contributed by atoms with Crippen molar-refractivity contribution in [3.63, 3.8) is 0 Å². The van der Waals surface area contributed by atoms with Gasteiger partial charge in [0.2, 0.25) is 0 Å². The van der Waals surface area contributed by atoms with E-state index >= 15 is 0 Å². The highest BCUT2D eigenvalue weighted by molar-refractivity contribution is 7.84. The van der Waals surface area contributed by atoms with Crippen LogP contribution in [0.5, 0.6) is 0 Å². The molecule has 172 valence electrons. The first-order chi connectivity index (χ1) is 16.4. The van der Waals surface area contributed by atoms with Crippen LogP contribution < -0.4 is 10.0 Å². The van der Waals surface area contributed by atoms with Crippen LogP contribution in [0.2, 0.25) is 0 Å². The SMILES string of the molecule is Cn1cc2c(c1C(=O)Nc1ccc(F)c(F)c1)C=CC(Cc1ccc3ccccc3c1)NS2=N. The molecule has 4 aromatic rings. The summed E-state index contributed by atoms with van der Waals surface area (Å²) in [6.45, 7) is 0. The Hall–Kier alpha value is -3.62. The van der Waals surface area contributed by atoms with Gasteiger partial charge in [-0.15, -0.1) is 0 Å². The number of amides is 1. The maximum atomic E-state index is 13.6. The van der Waals surface area contributed by atoms with Crippen LogP contribution in [-0.4, -0.2) is 16.5 Å². The minimum absolute atomic E-state index is 0.0817. The molecule has 0 spiro atoms. The van der Waals surface area contributed by atoms with Gasteiger partial charge < -0.3 is 9.88 Å². The molecule has 0 saturated heterocycles. The van der Waals surface area contributed by atoms with E-state index in [1.165, 1.54) is 16.8 Å². The number of hydrogen-bond acceptors (Lipinski definition) is 2. The summed E-state index contributed by atoms with van der Waals surface area (Å²) in [5.41, 5.74) is 2.32. The van der Waals surface area contributed by atoms with Gasteiger partial charge in [-0.2, -0.15) is 0 Å². The van der Waals surface area contributed by atoms with Gasteiger partial charge in [0.05, 0.1) is 4.90 Å². The molecule has 3 N–H and O–H groups in total. The van der Waals surface area contributed by atoms with Gasteiger partial charge >= 0.3 is 0 Å². The lowest BCUT2D eigenvalue weighted by Gasteiger charge is -2.15. The molecule has 2 unspecified atom stereocenters. The van der Waals surface area contributed by atoms with Crippen LogP contribution in [0.25, 0.3) is 16.8 Å². The lowest BCUT2D eigenvalue weighted by atomic mass is 10.0. The van der Waals surface area contributed by atoms with Crippen LogP contribution in [0, 0.1) is 16.4 Å². The number of halogens is 2. The number of benzene rings is 3. The molecule has 1 aliphatic heterocycles. The topological polar surface area (TPSA) is 69.9 Å². The van der Waals surface area contributed by atoms with E-state index < -0.39 is 28.4 Å². The van der Waals surface area contributed by atoms with Crippen molar-refractivity contribution in [2.75, 3.05) is 5.32 Å². The summed E-state index contributed by atoms with van der Waals surface area (Å²) in [4.78, 5) is 13.7. The number of carbonyl (C=O) groups excluding carboxylic acids is 1. The van der Waals surface area contributed by atoms with E-state index in [1.807, 2.05) is 24.3 Å². The fourth-order valence-electron chi connectivity index (χ4n) is 4.18. The van der Waals surface area contributed by atoms with Gasteiger partial charge in [0, 0.05) is 36.6 Å². The summed E-state index contributed by atoms with van der Waals surface area (Å²) in [5.74, 6) is -2.46. The molecule has 1 aromatic heterocycles. The van der Waals surface area contributed by atoms with Crippen molar-refractivity contribution in [2.24, 2.45) is 7.05 Å². The Labute approximate surface area is 198 Å². The highest BCUT2D eigenvalue weighted by Gasteiger charge is 2.24. The number of hydrogen-bond donors (Lipinski definition) is 3. The van der Waals surface area contributed by atoms with Gasteiger partial charge in [-0.25, -0.2) is 13.5 Å². The van der Waals surface area contributed by atoms with Crippen molar-refractivity contribution >= 4 is 39.3 Å². The Morgan fingerprint density at radius 3 is 2.68 bits per heavy atom. The zero-order valence-electron chi connectivity index (χ0n) is 18.3. The molecule has 5 nitrogen and oxygen atoms in total. The van der Waals surface area contributed by atoms with Gasteiger partial charge in [-0.1, -0.05) is 54.6 Å². The average molecular weight is 477 g/mol. The van der Waals surface area contributed by atoms with E-state index in [4.69, 9.17) is 4.78 Å². The Bertz CT molecular complexity index is 1480. The lowest BCUT2D eigenvalue weighted by Crippen LogP contribution is -2.29. The number of aromatic nitrogens is 1. The summed E-state index contributed by atoms with van der Waals surface area (Å²) in [5, 5.41) is 4.98. The second-order valence-corrected chi connectivity index (χ2v) is 9.51. The van der Waals surface area contributed by atoms with Gasteiger partial charge in [-0.3, -0.25) is 9.57 Å². The normalized spacial score (nSPS) is 17.4. The van der Waals surface area contributed by atoms with Gasteiger partial charge in [-0.05, 0) is 45.8 Å². The van der Waals surface area contributed by atoms with Crippen molar-refractivity contribution in [1.82, 2.24) is 9.29 Å². The zero-order valence-corrected chi connectivity index (χ0v) is 19.1. The second kappa shape index (κ2) is 8.96. The summed E-state index contributed by atoms with van der Waals surface area (Å²) in [7, 11) is 0.683. The Balaban J connectivity index is 1.41. The molecule has 2 heterocycles. The van der Waals surface area contributed by atoms with Crippen molar-refractivity contribution in [1.29, 1.82) is 4.78 Å². The molecule has 1 aliphatic rings. The highest BCUT2D eigenvalue weighted by atomic mass is 32.2. The molecule has 1 amide bonds. The minimum Gasteiger partial charge on any atom is -0.345 e. The third-order valence-electron chi connectivity index (χ3n) is 5.83. The largest absolute Gasteiger partial charge is 0.345 e. The van der Waals surface area contributed by atoms with Crippen LogP contribution >= 0.6 is 0 Å². The summed E-state index contributed by atoms with van der Waals surface area (Å²) >= 11 is 0. The first-order valence-electron chi connectivity index (χ1n) is 10.7. The quantitative estimate of drug-likeness (QED) is 0.359. The maximum Gasteiger partial charge on any atom is 0.272 e. The monoisotopic (exact) mass is 476 g/mol. The number of fused-ring (bicyclic) bond motifs is 2. The predicted octanol–water partition coefficient (Wildman–Crippen LogP) is 5.59. The van der Waals surface area contributed by atoms with E-state index in [0.717, 1.165) is 17.7 Å². The van der Waals surface area contributed by atoms with Crippen LogP contribution in [0.15, 0.2) is 77.8 Å². The molecule has 5 rings (SSSR count). The summed E-state index contributed by atoms with van der Waals surface area (Å²) in [6.07, 6.45) is 6.32. The third kappa shape index (κ3) is 4.30. The van der Waals surface area contributed by atoms with Gasteiger partial charge in [0.25, 0.3) is 5.91 Å². The minimum atomic E-state index is -1.05. The maximum absolute atomic E-state index is 13.6. The fourth-order valence-corrected chi connectivity index (χ4v) is 5.42. The molecule has 8 heteroatoms. The number of nitrogens with one attached hydrogen (secondary N) is 3. The summed E-state index contributed by atoms with van der Waals surface area (Å²) in [6, 6.07) is 17.7. The molecule has 0 radical (unpaired) electrons. The Morgan fingerprint density at radius 2 is 1.88 bits per heavy atom. The molecule has 0 fully saturated rings.